The van der Waals surface area contributed by atoms with Crippen molar-refractivity contribution in [3.63, 3.8) is 0 Å². The Bertz CT molecular complexity index is 245. The third kappa shape index (κ3) is 3.10. The number of thiophene rings is 1. The first kappa shape index (κ1) is 10.7. The van der Waals surface area contributed by atoms with Gasteiger partial charge in [-0.1, -0.05) is 6.92 Å². The Morgan fingerprint density at radius 2 is 2.23 bits per heavy atom. The summed E-state index contributed by atoms with van der Waals surface area (Å²) < 4.78 is 5.15. The second-order valence-electron chi connectivity index (χ2n) is 2.83. The van der Waals surface area contributed by atoms with Crippen molar-refractivity contribution in [3.05, 3.63) is 21.9 Å². The van der Waals surface area contributed by atoms with Crippen molar-refractivity contribution in [2.75, 3.05) is 13.2 Å². The van der Waals surface area contributed by atoms with Gasteiger partial charge in [-0.15, -0.1) is 11.3 Å². The lowest BCUT2D eigenvalue weighted by atomic mass is 10.3. The molecule has 3 heteroatoms. The van der Waals surface area contributed by atoms with Gasteiger partial charge in [-0.2, -0.15) is 0 Å². The van der Waals surface area contributed by atoms with Crippen molar-refractivity contribution in [1.82, 2.24) is 0 Å². The Morgan fingerprint density at radius 1 is 1.46 bits per heavy atom. The molecule has 0 aliphatic carbocycles. The molecule has 0 aromatic carbocycles. The summed E-state index contributed by atoms with van der Waals surface area (Å²) in [5.41, 5.74) is 0. The van der Waals surface area contributed by atoms with Crippen LogP contribution in [0.4, 0.5) is 0 Å². The predicted octanol–water partition coefficient (Wildman–Crippen LogP) is 2.38. The van der Waals surface area contributed by atoms with Crippen LogP contribution in [0, 0.1) is 0 Å². The standard InChI is InChI=1S/C10H16O2S/c1-3-8-5-6-10(13-8)9(11)7-12-4-2/h5-6,9,11H,3-4,7H2,1-2H3. The number of aliphatic hydroxyl groups excluding tert-OH is 1. The van der Waals surface area contributed by atoms with Crippen LogP contribution in [0.25, 0.3) is 0 Å². The lowest BCUT2D eigenvalue weighted by molar-refractivity contribution is 0.0439. The lowest BCUT2D eigenvalue weighted by Crippen LogP contribution is -2.04. The van der Waals surface area contributed by atoms with Crippen molar-refractivity contribution >= 4 is 11.3 Å². The average Bonchev–Trinajstić information content (AvgIpc) is 2.62. The van der Waals surface area contributed by atoms with Gasteiger partial charge in [0, 0.05) is 16.4 Å². The molecule has 0 radical (unpaired) electrons. The Morgan fingerprint density at radius 3 is 2.77 bits per heavy atom. The highest BCUT2D eigenvalue weighted by atomic mass is 32.1. The molecule has 1 rings (SSSR count). The Kier molecular flexibility index (Phi) is 4.42. The minimum absolute atomic E-state index is 0.403. The molecule has 74 valence electrons. The smallest absolute Gasteiger partial charge is 0.111 e. The molecule has 0 spiro atoms. The first-order chi connectivity index (χ1) is 6.27. The van der Waals surface area contributed by atoms with E-state index in [9.17, 15) is 5.11 Å². The predicted molar refractivity (Wildman–Crippen MR) is 55.1 cm³/mol. The van der Waals surface area contributed by atoms with Gasteiger partial charge in [0.15, 0.2) is 0 Å². The fourth-order valence-electron chi connectivity index (χ4n) is 1.08. The largest absolute Gasteiger partial charge is 0.385 e. The van der Waals surface area contributed by atoms with Gasteiger partial charge >= 0.3 is 0 Å². The number of hydrogen-bond donors (Lipinski definition) is 1. The highest BCUT2D eigenvalue weighted by molar-refractivity contribution is 7.12. The summed E-state index contributed by atoms with van der Waals surface area (Å²) in [6.45, 7) is 5.10. The molecule has 1 heterocycles. The van der Waals surface area contributed by atoms with Crippen molar-refractivity contribution < 1.29 is 9.84 Å². The average molecular weight is 200 g/mol. The van der Waals surface area contributed by atoms with Crippen LogP contribution in [0.5, 0.6) is 0 Å². The second-order valence-corrected chi connectivity index (χ2v) is 4.03. The van der Waals surface area contributed by atoms with Gasteiger partial charge in [0.25, 0.3) is 0 Å². The SMILES string of the molecule is CCOCC(O)c1ccc(CC)s1. The van der Waals surface area contributed by atoms with Crippen molar-refractivity contribution in [3.8, 4) is 0 Å². The minimum atomic E-state index is -0.453. The van der Waals surface area contributed by atoms with Gasteiger partial charge in [0.1, 0.15) is 6.10 Å². The van der Waals surface area contributed by atoms with Crippen LogP contribution in [0.1, 0.15) is 29.7 Å². The number of aryl methyl sites for hydroxylation is 1. The molecular weight excluding hydrogens is 184 g/mol. The van der Waals surface area contributed by atoms with Gasteiger partial charge in [-0.3, -0.25) is 0 Å². The molecule has 0 aliphatic heterocycles. The maximum absolute atomic E-state index is 9.65. The zero-order chi connectivity index (χ0) is 9.68. The number of hydrogen-bond acceptors (Lipinski definition) is 3. The zero-order valence-corrected chi connectivity index (χ0v) is 8.93. The molecule has 2 nitrogen and oxygen atoms in total. The van der Waals surface area contributed by atoms with Crippen LogP contribution < -0.4 is 0 Å². The highest BCUT2D eigenvalue weighted by Crippen LogP contribution is 2.23. The molecule has 1 unspecified atom stereocenters. The van der Waals surface area contributed by atoms with Crippen LogP contribution in [0.15, 0.2) is 12.1 Å². The monoisotopic (exact) mass is 200 g/mol. The molecule has 0 amide bonds. The molecule has 1 aromatic heterocycles. The lowest BCUT2D eigenvalue weighted by Gasteiger charge is -2.07. The molecule has 0 aliphatic rings. The Labute approximate surface area is 83.2 Å². The molecule has 0 bridgehead atoms. The number of rotatable bonds is 5. The van der Waals surface area contributed by atoms with Crippen molar-refractivity contribution in [2.24, 2.45) is 0 Å². The molecule has 1 aromatic rings. The summed E-state index contributed by atoms with van der Waals surface area (Å²) in [6.07, 6.45) is 0.580. The Hall–Kier alpha value is -0.380. The van der Waals surface area contributed by atoms with Gasteiger partial charge in [-0.25, -0.2) is 0 Å². The van der Waals surface area contributed by atoms with E-state index in [0.29, 0.717) is 13.2 Å². The maximum Gasteiger partial charge on any atom is 0.111 e. The fraction of sp³-hybridized carbons (Fsp3) is 0.600. The van der Waals surface area contributed by atoms with E-state index in [2.05, 4.69) is 13.0 Å². The molecule has 0 saturated carbocycles. The Balaban J connectivity index is 2.50. The summed E-state index contributed by atoms with van der Waals surface area (Å²) >= 11 is 1.66. The second kappa shape index (κ2) is 5.37. The molecule has 1 atom stereocenters. The van der Waals surface area contributed by atoms with Crippen molar-refractivity contribution in [1.29, 1.82) is 0 Å². The molecule has 0 fully saturated rings. The van der Waals surface area contributed by atoms with E-state index in [4.69, 9.17) is 4.74 Å². The van der Waals surface area contributed by atoms with Gasteiger partial charge < -0.3 is 9.84 Å². The third-order valence-corrected chi connectivity index (χ3v) is 3.17. The van der Waals surface area contributed by atoms with Crippen LogP contribution in [0.3, 0.4) is 0 Å². The fourth-order valence-corrected chi connectivity index (χ4v) is 2.00. The van der Waals surface area contributed by atoms with Gasteiger partial charge in [0.05, 0.1) is 6.61 Å². The summed E-state index contributed by atoms with van der Waals surface area (Å²) in [6, 6.07) is 4.04. The van der Waals surface area contributed by atoms with Crippen molar-refractivity contribution in [2.45, 2.75) is 26.4 Å². The number of ether oxygens (including phenoxy) is 1. The van der Waals surface area contributed by atoms with E-state index in [0.717, 1.165) is 11.3 Å². The summed E-state index contributed by atoms with van der Waals surface area (Å²) in [7, 11) is 0. The zero-order valence-electron chi connectivity index (χ0n) is 8.12. The third-order valence-electron chi connectivity index (χ3n) is 1.84. The van der Waals surface area contributed by atoms with Gasteiger partial charge in [-0.05, 0) is 25.5 Å². The highest BCUT2D eigenvalue weighted by Gasteiger charge is 2.09. The van der Waals surface area contributed by atoms with E-state index in [-0.39, 0.29) is 0 Å². The molecule has 13 heavy (non-hydrogen) atoms. The van der Waals surface area contributed by atoms with E-state index in [1.807, 2.05) is 13.0 Å². The van der Waals surface area contributed by atoms with Crippen LogP contribution in [0.2, 0.25) is 0 Å². The maximum atomic E-state index is 9.65. The van der Waals surface area contributed by atoms with E-state index in [1.165, 1.54) is 4.88 Å². The van der Waals surface area contributed by atoms with Crippen LogP contribution in [-0.2, 0) is 11.2 Å². The van der Waals surface area contributed by atoms with Crippen LogP contribution in [-0.4, -0.2) is 18.3 Å². The molecule has 0 saturated heterocycles. The van der Waals surface area contributed by atoms with E-state index < -0.39 is 6.10 Å². The topological polar surface area (TPSA) is 29.5 Å². The molecular formula is C10H16O2S. The normalized spacial score (nSPS) is 13.2. The summed E-state index contributed by atoms with van der Waals surface area (Å²) in [5.74, 6) is 0. The quantitative estimate of drug-likeness (QED) is 0.790. The van der Waals surface area contributed by atoms with E-state index in [1.54, 1.807) is 11.3 Å². The minimum Gasteiger partial charge on any atom is -0.385 e. The number of aliphatic hydroxyl groups is 1. The van der Waals surface area contributed by atoms with Gasteiger partial charge in [0.2, 0.25) is 0 Å². The van der Waals surface area contributed by atoms with Crippen LogP contribution >= 0.6 is 11.3 Å². The van der Waals surface area contributed by atoms with E-state index >= 15 is 0 Å². The summed E-state index contributed by atoms with van der Waals surface area (Å²) in [4.78, 5) is 2.32. The molecule has 1 N–H and O–H groups in total. The first-order valence-corrected chi connectivity index (χ1v) is 5.44. The summed E-state index contributed by atoms with van der Waals surface area (Å²) in [5, 5.41) is 9.65. The first-order valence-electron chi connectivity index (χ1n) is 4.62.